The third kappa shape index (κ3) is 7.10. The number of fused-ring (bicyclic) bond motifs is 1. The summed E-state index contributed by atoms with van der Waals surface area (Å²) in [6.07, 6.45) is 0.761. The van der Waals surface area contributed by atoms with Gasteiger partial charge in [0.2, 0.25) is 26.0 Å². The predicted octanol–water partition coefficient (Wildman–Crippen LogP) is 4.52. The van der Waals surface area contributed by atoms with Crippen molar-refractivity contribution < 1.29 is 31.6 Å². The lowest BCUT2D eigenvalue weighted by Gasteiger charge is -2.36. The zero-order valence-electron chi connectivity index (χ0n) is 27.8. The lowest BCUT2D eigenvalue weighted by Crippen LogP contribution is -2.55. The molecule has 0 aliphatic carbocycles. The first-order valence-electron chi connectivity index (χ1n) is 16.1. The molecule has 3 heterocycles. The molecule has 51 heavy (non-hydrogen) atoms. The molecule has 0 saturated carbocycles. The Kier molecular flexibility index (Phi) is 10.5. The number of aryl methyl sites for hydroxylation is 2. The molecular weight excluding hydrogens is 739 g/mol. The Bertz CT molecular complexity index is 2250. The molecule has 2 aliphatic rings. The van der Waals surface area contributed by atoms with Crippen LogP contribution in [0.25, 0.3) is 10.9 Å². The molecule has 17 heteroatoms. The number of nitrogens with zero attached hydrogens (tertiary/aromatic N) is 5. The summed E-state index contributed by atoms with van der Waals surface area (Å²) in [5.41, 5.74) is 8.74. The maximum atomic E-state index is 14.1. The van der Waals surface area contributed by atoms with E-state index in [4.69, 9.17) is 38.9 Å². The molecule has 0 spiro atoms. The van der Waals surface area contributed by atoms with Gasteiger partial charge in [0, 0.05) is 60.0 Å². The van der Waals surface area contributed by atoms with Gasteiger partial charge >= 0.3 is 0 Å². The number of carbonyl (C=O) groups excluding carboxylic acids is 1. The van der Waals surface area contributed by atoms with E-state index in [1.54, 1.807) is 6.07 Å². The molecule has 0 bridgehead atoms. The molecule has 1 atom stereocenters. The number of aromatic nitrogens is 1. The molecule has 2 aliphatic heterocycles. The summed E-state index contributed by atoms with van der Waals surface area (Å²) in [5, 5.41) is 12.8. The Balaban J connectivity index is 1.16. The molecule has 3 N–H and O–H groups in total. The number of hydrogen-bond acceptors (Lipinski definition) is 9. The Morgan fingerprint density at radius 2 is 1.69 bits per heavy atom. The van der Waals surface area contributed by atoms with Gasteiger partial charge in [0.15, 0.2) is 5.84 Å². The molecule has 1 aromatic heterocycles. The largest absolute Gasteiger partial charge is 0.487 e. The number of oxime groups is 1. The van der Waals surface area contributed by atoms with Crippen LogP contribution >= 0.6 is 23.2 Å². The topological polar surface area (TPSA) is 176 Å². The summed E-state index contributed by atoms with van der Waals surface area (Å²) in [6, 6.07) is 14.9. The molecule has 1 amide bonds. The maximum absolute atomic E-state index is 14.1. The van der Waals surface area contributed by atoms with Gasteiger partial charge in [-0.05, 0) is 80.8 Å². The lowest BCUT2D eigenvalue weighted by molar-refractivity contribution is -0.135. The minimum atomic E-state index is -4.26. The molecule has 6 rings (SSSR count). The van der Waals surface area contributed by atoms with E-state index in [0.29, 0.717) is 29.7 Å². The molecule has 2 fully saturated rings. The van der Waals surface area contributed by atoms with Gasteiger partial charge in [0.1, 0.15) is 28.8 Å². The fourth-order valence-corrected chi connectivity index (χ4v) is 10.4. The van der Waals surface area contributed by atoms with Crippen LogP contribution in [0.4, 0.5) is 0 Å². The molecule has 4 aromatic rings. The average molecular weight is 776 g/mol. The number of para-hydroxylation sites is 1. The summed E-state index contributed by atoms with van der Waals surface area (Å²) < 4.78 is 63.4. The number of amides is 1. The van der Waals surface area contributed by atoms with E-state index in [-0.39, 0.29) is 70.6 Å². The molecular formula is C34H36Cl2N6O7S2. The quantitative estimate of drug-likeness (QED) is 0.107. The van der Waals surface area contributed by atoms with Crippen molar-refractivity contribution in [3.8, 4) is 5.75 Å². The monoisotopic (exact) mass is 774 g/mol. The number of hydrogen-bond donors (Lipinski definition) is 2. The molecule has 13 nitrogen and oxygen atoms in total. The number of benzene rings is 3. The third-order valence-corrected chi connectivity index (χ3v) is 13.9. The fourth-order valence-electron chi connectivity index (χ4n) is 6.49. The predicted molar refractivity (Wildman–Crippen MR) is 193 cm³/mol. The van der Waals surface area contributed by atoms with Gasteiger partial charge < -0.3 is 20.6 Å². The summed E-state index contributed by atoms with van der Waals surface area (Å²) in [6.45, 7) is 4.06. The van der Waals surface area contributed by atoms with Crippen LogP contribution in [0.15, 0.2) is 75.6 Å². The van der Waals surface area contributed by atoms with Crippen molar-refractivity contribution in [3.05, 3.63) is 93.1 Å². The highest BCUT2D eigenvalue weighted by molar-refractivity contribution is 7.89. The molecule has 3 aromatic carbocycles. The smallest absolute Gasteiger partial charge is 0.245 e. The number of amidine groups is 1. The highest BCUT2D eigenvalue weighted by Gasteiger charge is 2.43. The van der Waals surface area contributed by atoms with Crippen LogP contribution in [0, 0.1) is 13.8 Å². The molecule has 1 unspecified atom stereocenters. The molecule has 270 valence electrons. The van der Waals surface area contributed by atoms with Crippen LogP contribution in [0.3, 0.4) is 0 Å². The lowest BCUT2D eigenvalue weighted by atomic mass is 10.1. The molecule has 2 saturated heterocycles. The van der Waals surface area contributed by atoms with Gasteiger partial charge in [-0.3, -0.25) is 4.79 Å². The van der Waals surface area contributed by atoms with Crippen LogP contribution in [0.5, 0.6) is 5.75 Å². The van der Waals surface area contributed by atoms with Crippen LogP contribution in [-0.4, -0.2) is 91.0 Å². The normalized spacial score (nSPS) is 18.0. The van der Waals surface area contributed by atoms with Gasteiger partial charge in [-0.15, -0.1) is 0 Å². The minimum Gasteiger partial charge on any atom is -0.487 e. The van der Waals surface area contributed by atoms with Crippen LogP contribution in [-0.2, 0) is 31.4 Å². The number of pyridine rings is 1. The standard InChI is InChI=1S/C34H36Cl2N6O7S2/c1-21-19-22(2)38-32-25(21)5-3-7-29(32)49-20-26-27(35)12-13-30(31(26)36)51(47,48)42-14-4-6-28(42)34(43)40-15-17-41(18-16-40)50(45,46)24-10-8-23(9-11-24)33(37)39-44/h3,5,7-13,19,28,44H,4,6,14-18,20H2,1-2H3,(H2,37,39). The summed E-state index contributed by atoms with van der Waals surface area (Å²) in [5.74, 6) is -0.0607. The van der Waals surface area contributed by atoms with E-state index >= 15 is 0 Å². The fraction of sp³-hybridized carbons (Fsp3) is 0.324. The second-order valence-electron chi connectivity index (χ2n) is 12.4. The van der Waals surface area contributed by atoms with Gasteiger partial charge in [-0.2, -0.15) is 8.61 Å². The number of ether oxygens (including phenoxy) is 1. The van der Waals surface area contributed by atoms with E-state index in [0.717, 1.165) is 16.6 Å². The maximum Gasteiger partial charge on any atom is 0.245 e. The summed E-state index contributed by atoms with van der Waals surface area (Å²) in [7, 11) is -8.16. The Morgan fingerprint density at radius 3 is 2.37 bits per heavy atom. The van der Waals surface area contributed by atoms with Crippen LogP contribution in [0.1, 0.15) is 35.2 Å². The second kappa shape index (κ2) is 14.6. The number of nitrogens with two attached hydrogens (primary N) is 1. The number of halogens is 2. The van der Waals surface area contributed by atoms with Gasteiger partial charge in [0.05, 0.1) is 9.92 Å². The van der Waals surface area contributed by atoms with Gasteiger partial charge in [0.25, 0.3) is 0 Å². The van der Waals surface area contributed by atoms with Gasteiger partial charge in [-0.1, -0.05) is 40.5 Å². The van der Waals surface area contributed by atoms with Crippen molar-refractivity contribution >= 4 is 65.9 Å². The Morgan fingerprint density at radius 1 is 0.980 bits per heavy atom. The Hall–Kier alpha value is -3.99. The first-order chi connectivity index (χ1) is 24.2. The van der Waals surface area contributed by atoms with E-state index in [9.17, 15) is 21.6 Å². The average Bonchev–Trinajstić information content (AvgIpc) is 3.62. The third-order valence-electron chi connectivity index (χ3n) is 9.18. The minimum absolute atomic E-state index is 0.0211. The zero-order chi connectivity index (χ0) is 36.7. The van der Waals surface area contributed by atoms with E-state index in [2.05, 4.69) is 10.1 Å². The van der Waals surface area contributed by atoms with Crippen molar-refractivity contribution in [1.82, 2.24) is 18.5 Å². The van der Waals surface area contributed by atoms with Crippen molar-refractivity contribution in [2.75, 3.05) is 32.7 Å². The zero-order valence-corrected chi connectivity index (χ0v) is 30.9. The van der Waals surface area contributed by atoms with E-state index in [1.165, 1.54) is 49.9 Å². The molecule has 0 radical (unpaired) electrons. The SMILES string of the molecule is Cc1cc(C)c2cccc(OCc3c(Cl)ccc(S(=O)(=O)N4CCCC4C(=O)N4CCN(S(=O)(=O)c5ccc(/C(N)=N\O)cc5)CC4)c3Cl)c2n1. The second-order valence-corrected chi connectivity index (χ2v) is 17.0. The number of rotatable bonds is 9. The number of carbonyl (C=O) groups is 1. The van der Waals surface area contributed by atoms with E-state index < -0.39 is 32.0 Å². The summed E-state index contributed by atoms with van der Waals surface area (Å²) >= 11 is 13.3. The first kappa shape index (κ1) is 36.8. The highest BCUT2D eigenvalue weighted by Crippen LogP contribution is 2.37. The van der Waals surface area contributed by atoms with Crippen molar-refractivity contribution in [1.29, 1.82) is 0 Å². The number of sulfonamides is 2. The highest BCUT2D eigenvalue weighted by atomic mass is 35.5. The van der Waals surface area contributed by atoms with Crippen molar-refractivity contribution in [2.45, 2.75) is 49.1 Å². The van der Waals surface area contributed by atoms with Crippen molar-refractivity contribution in [2.24, 2.45) is 10.9 Å². The van der Waals surface area contributed by atoms with Crippen molar-refractivity contribution in [3.63, 3.8) is 0 Å². The first-order valence-corrected chi connectivity index (χ1v) is 19.7. The number of piperazine rings is 1. The van der Waals surface area contributed by atoms with E-state index in [1.807, 2.05) is 32.0 Å². The van der Waals surface area contributed by atoms with Gasteiger partial charge in [-0.25, -0.2) is 21.8 Å². The Labute approximate surface area is 306 Å². The summed E-state index contributed by atoms with van der Waals surface area (Å²) in [4.78, 5) is 19.8. The van der Waals surface area contributed by atoms with Crippen LogP contribution < -0.4 is 10.5 Å². The van der Waals surface area contributed by atoms with Crippen LogP contribution in [0.2, 0.25) is 10.0 Å².